The lowest BCUT2D eigenvalue weighted by Gasteiger charge is -2.36. The molecule has 0 heterocycles. The molecular weight excluding hydrogens is 265 g/mol. The monoisotopic (exact) mass is 285 g/mol. The molecule has 3 heteroatoms. The summed E-state index contributed by atoms with van der Waals surface area (Å²) in [6, 6.07) is 12.8. The first kappa shape index (κ1) is 14.1. The zero-order valence-electron chi connectivity index (χ0n) is 12.2. The number of aryl methyl sites for hydroxylation is 1. The molecule has 0 aliphatic heterocycles. The molecule has 0 radical (unpaired) electrons. The maximum atomic E-state index is 13.4. The van der Waals surface area contributed by atoms with Gasteiger partial charge in [-0.25, -0.2) is 4.39 Å². The maximum Gasteiger partial charge on any atom is 0.123 e. The molecule has 1 aliphatic rings. The highest BCUT2D eigenvalue weighted by atomic mass is 19.1. The molecule has 0 aromatic heterocycles. The molecule has 1 unspecified atom stereocenters. The van der Waals surface area contributed by atoms with Crippen molar-refractivity contribution in [3.8, 4) is 5.75 Å². The highest BCUT2D eigenvalue weighted by molar-refractivity contribution is 5.43. The van der Waals surface area contributed by atoms with E-state index in [0.717, 1.165) is 36.1 Å². The van der Waals surface area contributed by atoms with Gasteiger partial charge in [0.05, 0.1) is 7.11 Å². The molecule has 0 saturated carbocycles. The lowest BCUT2D eigenvalue weighted by Crippen LogP contribution is -2.42. The summed E-state index contributed by atoms with van der Waals surface area (Å²) in [6.45, 7) is 0. The van der Waals surface area contributed by atoms with Gasteiger partial charge >= 0.3 is 0 Å². The molecule has 21 heavy (non-hydrogen) atoms. The van der Waals surface area contributed by atoms with Crippen LogP contribution >= 0.6 is 0 Å². The standard InChI is InChI=1S/C18H20FNO/c1-21-16-8-7-14-5-3-9-18(20,17(14)11-16)12-13-4-2-6-15(19)10-13/h2,4,6-8,10-11H,3,5,9,12,20H2,1H3. The smallest absolute Gasteiger partial charge is 0.123 e. The van der Waals surface area contributed by atoms with Crippen LogP contribution < -0.4 is 10.5 Å². The average Bonchev–Trinajstić information content (AvgIpc) is 2.47. The Morgan fingerprint density at radius 1 is 1.24 bits per heavy atom. The summed E-state index contributed by atoms with van der Waals surface area (Å²) in [5, 5.41) is 0. The van der Waals surface area contributed by atoms with E-state index in [0.29, 0.717) is 6.42 Å². The fourth-order valence-corrected chi connectivity index (χ4v) is 3.29. The lowest BCUT2D eigenvalue weighted by atomic mass is 9.74. The minimum Gasteiger partial charge on any atom is -0.497 e. The molecule has 0 saturated heterocycles. The van der Waals surface area contributed by atoms with E-state index < -0.39 is 5.54 Å². The largest absolute Gasteiger partial charge is 0.497 e. The fraction of sp³-hybridized carbons (Fsp3) is 0.333. The van der Waals surface area contributed by atoms with Crippen LogP contribution in [0.1, 0.15) is 29.5 Å². The Bertz CT molecular complexity index is 655. The van der Waals surface area contributed by atoms with Gasteiger partial charge in [0.25, 0.3) is 0 Å². The Morgan fingerprint density at radius 2 is 2.10 bits per heavy atom. The molecular formula is C18H20FNO. The Balaban J connectivity index is 1.98. The fourth-order valence-electron chi connectivity index (χ4n) is 3.29. The summed E-state index contributed by atoms with van der Waals surface area (Å²) in [5.74, 6) is 0.613. The molecule has 1 atom stereocenters. The van der Waals surface area contributed by atoms with Crippen LogP contribution in [0.5, 0.6) is 5.75 Å². The van der Waals surface area contributed by atoms with Gasteiger partial charge in [-0.15, -0.1) is 0 Å². The lowest BCUT2D eigenvalue weighted by molar-refractivity contribution is 0.362. The number of halogens is 1. The van der Waals surface area contributed by atoms with Gasteiger partial charge in [-0.1, -0.05) is 18.2 Å². The number of ether oxygens (including phenoxy) is 1. The van der Waals surface area contributed by atoms with Crippen molar-refractivity contribution in [1.29, 1.82) is 0 Å². The molecule has 2 aromatic rings. The van der Waals surface area contributed by atoms with Gasteiger partial charge in [0.15, 0.2) is 0 Å². The summed E-state index contributed by atoms with van der Waals surface area (Å²) in [6.07, 6.45) is 3.65. The molecule has 0 amide bonds. The van der Waals surface area contributed by atoms with Crippen molar-refractivity contribution in [3.63, 3.8) is 0 Å². The summed E-state index contributed by atoms with van der Waals surface area (Å²) in [4.78, 5) is 0. The average molecular weight is 285 g/mol. The van der Waals surface area contributed by atoms with Crippen molar-refractivity contribution in [2.45, 2.75) is 31.2 Å². The van der Waals surface area contributed by atoms with Crippen molar-refractivity contribution in [1.82, 2.24) is 0 Å². The summed E-state index contributed by atoms with van der Waals surface area (Å²) in [7, 11) is 1.66. The minimum atomic E-state index is -0.448. The van der Waals surface area contributed by atoms with Crippen LogP contribution in [-0.2, 0) is 18.4 Å². The number of nitrogens with two attached hydrogens (primary N) is 1. The van der Waals surface area contributed by atoms with Gasteiger partial charge in [0, 0.05) is 5.54 Å². The van der Waals surface area contributed by atoms with E-state index >= 15 is 0 Å². The number of benzene rings is 2. The summed E-state index contributed by atoms with van der Waals surface area (Å²) >= 11 is 0. The van der Waals surface area contributed by atoms with Crippen molar-refractivity contribution in [3.05, 3.63) is 65.0 Å². The molecule has 2 aromatic carbocycles. The van der Waals surface area contributed by atoms with E-state index in [4.69, 9.17) is 10.5 Å². The number of fused-ring (bicyclic) bond motifs is 1. The third-order valence-electron chi connectivity index (χ3n) is 4.33. The molecule has 110 valence electrons. The van der Waals surface area contributed by atoms with Crippen LogP contribution in [0.3, 0.4) is 0 Å². The van der Waals surface area contributed by atoms with Crippen LogP contribution in [-0.4, -0.2) is 7.11 Å². The Kier molecular flexibility index (Phi) is 3.68. The minimum absolute atomic E-state index is 0.210. The van der Waals surface area contributed by atoms with E-state index in [1.807, 2.05) is 18.2 Å². The van der Waals surface area contributed by atoms with Gasteiger partial charge in [-0.05, 0) is 66.6 Å². The third kappa shape index (κ3) is 2.79. The van der Waals surface area contributed by atoms with Crippen LogP contribution in [0.2, 0.25) is 0 Å². The van der Waals surface area contributed by atoms with E-state index in [-0.39, 0.29) is 5.82 Å². The van der Waals surface area contributed by atoms with Gasteiger partial charge in [-0.3, -0.25) is 0 Å². The maximum absolute atomic E-state index is 13.4. The Morgan fingerprint density at radius 3 is 2.86 bits per heavy atom. The highest BCUT2D eigenvalue weighted by Crippen LogP contribution is 2.37. The second-order valence-electron chi connectivity index (χ2n) is 5.84. The number of rotatable bonds is 3. The first-order valence-corrected chi connectivity index (χ1v) is 7.31. The quantitative estimate of drug-likeness (QED) is 0.935. The van der Waals surface area contributed by atoms with E-state index in [1.54, 1.807) is 19.2 Å². The van der Waals surface area contributed by atoms with Gasteiger partial charge < -0.3 is 10.5 Å². The van der Waals surface area contributed by atoms with Crippen molar-refractivity contribution >= 4 is 0 Å². The molecule has 2 N–H and O–H groups in total. The molecule has 2 nitrogen and oxygen atoms in total. The Labute approximate surface area is 124 Å². The zero-order valence-corrected chi connectivity index (χ0v) is 12.2. The van der Waals surface area contributed by atoms with Gasteiger partial charge in [0.1, 0.15) is 11.6 Å². The topological polar surface area (TPSA) is 35.2 Å². The van der Waals surface area contributed by atoms with E-state index in [1.165, 1.54) is 11.6 Å². The third-order valence-corrected chi connectivity index (χ3v) is 4.33. The first-order valence-electron chi connectivity index (χ1n) is 7.31. The van der Waals surface area contributed by atoms with Gasteiger partial charge in [-0.2, -0.15) is 0 Å². The van der Waals surface area contributed by atoms with Crippen LogP contribution in [0, 0.1) is 5.82 Å². The number of hydrogen-bond acceptors (Lipinski definition) is 2. The van der Waals surface area contributed by atoms with Crippen molar-refractivity contribution < 1.29 is 9.13 Å². The highest BCUT2D eigenvalue weighted by Gasteiger charge is 2.33. The number of hydrogen-bond donors (Lipinski definition) is 1. The predicted octanol–water partition coefficient (Wildman–Crippen LogP) is 3.57. The SMILES string of the molecule is COc1ccc2c(c1)C(N)(Cc1cccc(F)c1)CCC2. The molecule has 0 fully saturated rings. The second-order valence-corrected chi connectivity index (χ2v) is 5.84. The molecule has 0 bridgehead atoms. The second kappa shape index (κ2) is 5.49. The normalized spacial score (nSPS) is 20.9. The van der Waals surface area contributed by atoms with Crippen LogP contribution in [0.25, 0.3) is 0 Å². The summed E-state index contributed by atoms with van der Waals surface area (Å²) in [5.41, 5.74) is 9.60. The number of methoxy groups -OCH3 is 1. The Hall–Kier alpha value is -1.87. The van der Waals surface area contributed by atoms with Crippen LogP contribution in [0.4, 0.5) is 4.39 Å². The van der Waals surface area contributed by atoms with E-state index in [2.05, 4.69) is 6.07 Å². The van der Waals surface area contributed by atoms with E-state index in [9.17, 15) is 4.39 Å². The van der Waals surface area contributed by atoms with Crippen LogP contribution in [0.15, 0.2) is 42.5 Å². The predicted molar refractivity (Wildman–Crippen MR) is 81.9 cm³/mol. The first-order chi connectivity index (χ1) is 10.1. The molecule has 1 aliphatic carbocycles. The van der Waals surface area contributed by atoms with Crippen molar-refractivity contribution in [2.24, 2.45) is 5.73 Å². The van der Waals surface area contributed by atoms with Crippen molar-refractivity contribution in [2.75, 3.05) is 7.11 Å². The molecule has 0 spiro atoms. The van der Waals surface area contributed by atoms with Gasteiger partial charge in [0.2, 0.25) is 0 Å². The zero-order chi connectivity index (χ0) is 14.9. The summed E-state index contributed by atoms with van der Waals surface area (Å²) < 4.78 is 18.7. The molecule has 3 rings (SSSR count).